The van der Waals surface area contributed by atoms with Crippen LogP contribution in [0.3, 0.4) is 0 Å². The third kappa shape index (κ3) is 4.34. The van der Waals surface area contributed by atoms with Gasteiger partial charge in [-0.25, -0.2) is 0 Å². The van der Waals surface area contributed by atoms with Crippen molar-refractivity contribution in [3.8, 4) is 11.5 Å². The number of ether oxygens (including phenoxy) is 3. The van der Waals surface area contributed by atoms with Crippen LogP contribution in [0.1, 0.15) is 36.0 Å². The molecule has 0 amide bonds. The molecule has 0 saturated carbocycles. The zero-order chi connectivity index (χ0) is 21.0. The van der Waals surface area contributed by atoms with E-state index in [0.717, 1.165) is 22.3 Å². The van der Waals surface area contributed by atoms with Crippen LogP contribution in [0.4, 0.5) is 0 Å². The van der Waals surface area contributed by atoms with Gasteiger partial charge >= 0.3 is 5.97 Å². The third-order valence-corrected chi connectivity index (χ3v) is 5.26. The Morgan fingerprint density at radius 2 is 1.79 bits per heavy atom. The van der Waals surface area contributed by atoms with Crippen molar-refractivity contribution >= 4 is 17.3 Å². The van der Waals surface area contributed by atoms with Gasteiger partial charge in [-0.05, 0) is 55.7 Å². The molecule has 1 aliphatic carbocycles. The molecular formula is C24H26O5. The van der Waals surface area contributed by atoms with E-state index in [-0.39, 0.29) is 12.4 Å². The highest BCUT2D eigenvalue weighted by molar-refractivity contribution is 6.10. The predicted molar refractivity (Wildman–Crippen MR) is 111 cm³/mol. The van der Waals surface area contributed by atoms with Crippen LogP contribution in [0, 0.1) is 12.8 Å². The molecule has 0 fully saturated rings. The summed E-state index contributed by atoms with van der Waals surface area (Å²) in [5, 5.41) is 0. The first-order chi connectivity index (χ1) is 14.0. The van der Waals surface area contributed by atoms with Crippen molar-refractivity contribution in [3.63, 3.8) is 0 Å². The van der Waals surface area contributed by atoms with Gasteiger partial charge in [0.05, 0.1) is 20.8 Å². The first-order valence-corrected chi connectivity index (χ1v) is 9.68. The molecule has 29 heavy (non-hydrogen) atoms. The normalized spacial score (nSPS) is 18.8. The second-order valence-electron chi connectivity index (χ2n) is 7.09. The van der Waals surface area contributed by atoms with E-state index in [1.165, 1.54) is 0 Å². The first-order valence-electron chi connectivity index (χ1n) is 9.68. The Morgan fingerprint density at radius 1 is 1.07 bits per heavy atom. The van der Waals surface area contributed by atoms with Gasteiger partial charge in [-0.1, -0.05) is 29.8 Å². The fourth-order valence-electron chi connectivity index (χ4n) is 3.77. The molecule has 5 heteroatoms. The van der Waals surface area contributed by atoms with E-state index in [1.807, 2.05) is 37.3 Å². The third-order valence-electron chi connectivity index (χ3n) is 5.26. The standard InChI is InChI=1S/C24H26O5/c1-5-29-24(26)23-20(19-14-18(27-3)10-11-22(19)28-4)12-17(13-21(23)25)16-8-6-15(2)7-9-16/h6-11,13-14,20,23H,5,12H2,1-4H3/t20-,23+/m0/s1. The molecule has 0 aliphatic heterocycles. The molecule has 0 unspecified atom stereocenters. The topological polar surface area (TPSA) is 61.8 Å². The summed E-state index contributed by atoms with van der Waals surface area (Å²) in [6.45, 7) is 3.98. The molecule has 0 N–H and O–H groups in total. The lowest BCUT2D eigenvalue weighted by Crippen LogP contribution is -2.34. The Morgan fingerprint density at radius 3 is 2.41 bits per heavy atom. The quantitative estimate of drug-likeness (QED) is 0.539. The zero-order valence-electron chi connectivity index (χ0n) is 17.2. The van der Waals surface area contributed by atoms with Crippen LogP contribution in [0.2, 0.25) is 0 Å². The van der Waals surface area contributed by atoms with Gasteiger partial charge in [0.2, 0.25) is 0 Å². The van der Waals surface area contributed by atoms with Gasteiger partial charge in [-0.15, -0.1) is 0 Å². The average Bonchev–Trinajstić information content (AvgIpc) is 2.73. The molecule has 0 spiro atoms. The summed E-state index contributed by atoms with van der Waals surface area (Å²) in [7, 11) is 3.16. The van der Waals surface area contributed by atoms with Crippen LogP contribution in [0.15, 0.2) is 48.5 Å². The highest BCUT2D eigenvalue weighted by Gasteiger charge is 2.41. The second kappa shape index (κ2) is 8.95. The first kappa shape index (κ1) is 20.6. The van der Waals surface area contributed by atoms with E-state index in [0.29, 0.717) is 17.9 Å². The van der Waals surface area contributed by atoms with Crippen molar-refractivity contribution < 1.29 is 23.8 Å². The molecule has 0 heterocycles. The minimum absolute atomic E-state index is 0.221. The average molecular weight is 394 g/mol. The number of ketones is 1. The van der Waals surface area contributed by atoms with E-state index in [9.17, 15) is 9.59 Å². The minimum atomic E-state index is -0.912. The SMILES string of the molecule is CCOC(=O)[C@H]1C(=O)C=C(c2ccc(C)cc2)C[C@H]1c1cc(OC)ccc1OC. The van der Waals surface area contributed by atoms with Gasteiger partial charge in [0.25, 0.3) is 0 Å². The Labute approximate surface area is 171 Å². The summed E-state index contributed by atoms with van der Waals surface area (Å²) in [4.78, 5) is 25.7. The van der Waals surface area contributed by atoms with Gasteiger partial charge in [0.1, 0.15) is 17.4 Å². The monoisotopic (exact) mass is 394 g/mol. The van der Waals surface area contributed by atoms with Crippen molar-refractivity contribution in [1.82, 2.24) is 0 Å². The van der Waals surface area contributed by atoms with Crippen LogP contribution in [0.25, 0.3) is 5.57 Å². The molecule has 0 saturated heterocycles. The van der Waals surface area contributed by atoms with Gasteiger partial charge in [0.15, 0.2) is 5.78 Å². The van der Waals surface area contributed by atoms with Gasteiger partial charge in [-0.2, -0.15) is 0 Å². The Bertz CT molecular complexity index is 927. The molecule has 2 aromatic carbocycles. The molecule has 152 valence electrons. The van der Waals surface area contributed by atoms with E-state index in [1.54, 1.807) is 39.4 Å². The molecule has 2 aromatic rings. The predicted octanol–water partition coefficient (Wildman–Crippen LogP) is 4.33. The molecule has 0 bridgehead atoms. The summed E-state index contributed by atoms with van der Waals surface area (Å²) in [6.07, 6.45) is 2.09. The lowest BCUT2D eigenvalue weighted by Gasteiger charge is -2.30. The summed E-state index contributed by atoms with van der Waals surface area (Å²) in [6, 6.07) is 13.4. The largest absolute Gasteiger partial charge is 0.497 e. The fourth-order valence-corrected chi connectivity index (χ4v) is 3.77. The smallest absolute Gasteiger partial charge is 0.317 e. The van der Waals surface area contributed by atoms with Crippen LogP contribution in [-0.2, 0) is 14.3 Å². The number of hydrogen-bond acceptors (Lipinski definition) is 5. The van der Waals surface area contributed by atoms with E-state index in [2.05, 4.69) is 0 Å². The van der Waals surface area contributed by atoms with Crippen molar-refractivity contribution in [2.24, 2.45) is 5.92 Å². The maximum Gasteiger partial charge on any atom is 0.317 e. The van der Waals surface area contributed by atoms with Gasteiger partial charge < -0.3 is 14.2 Å². The maximum atomic E-state index is 13.0. The van der Waals surface area contributed by atoms with Crippen LogP contribution < -0.4 is 9.47 Å². The van der Waals surface area contributed by atoms with Crippen LogP contribution in [-0.4, -0.2) is 32.6 Å². The highest BCUT2D eigenvalue weighted by Crippen LogP contribution is 2.44. The second-order valence-corrected chi connectivity index (χ2v) is 7.09. The van der Waals surface area contributed by atoms with Crippen LogP contribution in [0.5, 0.6) is 11.5 Å². The summed E-state index contributed by atoms with van der Waals surface area (Å²) >= 11 is 0. The number of carbonyl (C=O) groups excluding carboxylic acids is 2. The molecule has 3 rings (SSSR count). The summed E-state index contributed by atoms with van der Waals surface area (Å²) in [5.41, 5.74) is 3.77. The molecule has 5 nitrogen and oxygen atoms in total. The number of methoxy groups -OCH3 is 2. The number of aryl methyl sites for hydroxylation is 1. The van der Waals surface area contributed by atoms with Crippen molar-refractivity contribution in [2.45, 2.75) is 26.2 Å². The highest BCUT2D eigenvalue weighted by atomic mass is 16.5. The maximum absolute atomic E-state index is 13.0. The lowest BCUT2D eigenvalue weighted by molar-refractivity contribution is -0.151. The number of esters is 1. The summed E-state index contributed by atoms with van der Waals surface area (Å²) in [5.74, 6) is -0.824. The van der Waals surface area contributed by atoms with E-state index >= 15 is 0 Å². The van der Waals surface area contributed by atoms with E-state index in [4.69, 9.17) is 14.2 Å². The van der Waals surface area contributed by atoms with Gasteiger partial charge in [0, 0.05) is 11.5 Å². The Hall–Kier alpha value is -3.08. The van der Waals surface area contributed by atoms with E-state index < -0.39 is 17.8 Å². The fraction of sp³-hybridized carbons (Fsp3) is 0.333. The molecule has 0 aromatic heterocycles. The summed E-state index contributed by atoms with van der Waals surface area (Å²) < 4.78 is 16.1. The molecular weight excluding hydrogens is 368 g/mol. The van der Waals surface area contributed by atoms with Gasteiger partial charge in [-0.3, -0.25) is 9.59 Å². The number of allylic oxidation sites excluding steroid dienone is 2. The Kier molecular flexibility index (Phi) is 6.37. The Balaban J connectivity index is 2.10. The molecule has 2 atom stereocenters. The number of hydrogen-bond donors (Lipinski definition) is 0. The number of rotatable bonds is 6. The van der Waals surface area contributed by atoms with Crippen molar-refractivity contribution in [1.29, 1.82) is 0 Å². The number of carbonyl (C=O) groups is 2. The zero-order valence-corrected chi connectivity index (χ0v) is 17.2. The van der Waals surface area contributed by atoms with Crippen molar-refractivity contribution in [3.05, 3.63) is 65.2 Å². The minimum Gasteiger partial charge on any atom is -0.497 e. The number of benzene rings is 2. The molecule has 0 radical (unpaired) electrons. The lowest BCUT2D eigenvalue weighted by atomic mass is 9.73. The van der Waals surface area contributed by atoms with Crippen LogP contribution >= 0.6 is 0 Å². The molecule has 1 aliphatic rings. The van der Waals surface area contributed by atoms with Crippen molar-refractivity contribution in [2.75, 3.05) is 20.8 Å².